The first-order chi connectivity index (χ1) is 13.6. The predicted octanol–water partition coefficient (Wildman–Crippen LogP) is 3.51. The van der Waals surface area contributed by atoms with E-state index in [2.05, 4.69) is 39.6 Å². The summed E-state index contributed by atoms with van der Waals surface area (Å²) in [4.78, 5) is 15.0. The Labute approximate surface area is 165 Å². The van der Waals surface area contributed by atoms with E-state index < -0.39 is 0 Å². The lowest BCUT2D eigenvalue weighted by molar-refractivity contribution is 0.0724. The first-order valence-corrected chi connectivity index (χ1v) is 10.0. The van der Waals surface area contributed by atoms with Crippen molar-refractivity contribution in [1.29, 1.82) is 0 Å². The molecule has 1 N–H and O–H groups in total. The Hall–Kier alpha value is -2.89. The SMILES string of the molecule is Cc1cc(C)n(Cc2cc(C(=O)N3CCCC3CCc3ccccc3)n[nH]2)n1. The number of amides is 1. The summed E-state index contributed by atoms with van der Waals surface area (Å²) < 4.78 is 1.93. The number of aromatic amines is 1. The molecule has 1 unspecified atom stereocenters. The number of carbonyl (C=O) groups is 1. The van der Waals surface area contributed by atoms with Crippen molar-refractivity contribution in [3.8, 4) is 0 Å². The molecule has 1 amide bonds. The van der Waals surface area contributed by atoms with Crippen molar-refractivity contribution in [3.05, 3.63) is 70.8 Å². The highest BCUT2D eigenvalue weighted by molar-refractivity contribution is 5.92. The van der Waals surface area contributed by atoms with Gasteiger partial charge >= 0.3 is 0 Å². The highest BCUT2D eigenvalue weighted by atomic mass is 16.2. The number of nitrogens with one attached hydrogen (secondary N) is 1. The van der Waals surface area contributed by atoms with E-state index in [1.807, 2.05) is 41.6 Å². The Kier molecular flexibility index (Phi) is 5.28. The molecule has 1 fully saturated rings. The van der Waals surface area contributed by atoms with Gasteiger partial charge in [0.15, 0.2) is 0 Å². The summed E-state index contributed by atoms with van der Waals surface area (Å²) in [6.45, 7) is 5.42. The molecular weight excluding hydrogens is 350 g/mol. The van der Waals surface area contributed by atoms with E-state index in [9.17, 15) is 4.79 Å². The summed E-state index contributed by atoms with van der Waals surface area (Å²) in [5.41, 5.74) is 4.82. The van der Waals surface area contributed by atoms with Crippen LogP contribution in [0.1, 0.15) is 52.4 Å². The first-order valence-electron chi connectivity index (χ1n) is 10.0. The van der Waals surface area contributed by atoms with Crippen LogP contribution in [0.25, 0.3) is 0 Å². The Morgan fingerprint density at radius 2 is 2.04 bits per heavy atom. The van der Waals surface area contributed by atoms with Crippen LogP contribution in [0.3, 0.4) is 0 Å². The van der Waals surface area contributed by atoms with Gasteiger partial charge in [0.05, 0.1) is 17.9 Å². The van der Waals surface area contributed by atoms with Crippen LogP contribution in [0.15, 0.2) is 42.5 Å². The van der Waals surface area contributed by atoms with Crippen LogP contribution in [0.2, 0.25) is 0 Å². The Bertz CT molecular complexity index is 943. The molecule has 1 saturated heterocycles. The van der Waals surface area contributed by atoms with Crippen LogP contribution < -0.4 is 0 Å². The van der Waals surface area contributed by atoms with Crippen LogP contribution in [0.5, 0.6) is 0 Å². The third-order valence-electron chi connectivity index (χ3n) is 5.52. The fraction of sp³-hybridized carbons (Fsp3) is 0.409. The quantitative estimate of drug-likeness (QED) is 0.715. The van der Waals surface area contributed by atoms with Gasteiger partial charge in [-0.3, -0.25) is 14.6 Å². The van der Waals surface area contributed by atoms with E-state index in [0.29, 0.717) is 18.3 Å². The number of benzene rings is 1. The molecule has 0 radical (unpaired) electrons. The second kappa shape index (κ2) is 8.00. The van der Waals surface area contributed by atoms with E-state index in [0.717, 1.165) is 49.3 Å². The fourth-order valence-corrected chi connectivity index (χ4v) is 4.08. The number of rotatable bonds is 6. The highest BCUT2D eigenvalue weighted by Gasteiger charge is 2.30. The number of aromatic nitrogens is 4. The molecule has 1 aliphatic heterocycles. The maximum absolute atomic E-state index is 13.0. The van der Waals surface area contributed by atoms with Gasteiger partial charge in [0, 0.05) is 18.3 Å². The van der Waals surface area contributed by atoms with Gasteiger partial charge in [-0.05, 0) is 57.2 Å². The van der Waals surface area contributed by atoms with Crippen LogP contribution in [-0.4, -0.2) is 43.4 Å². The van der Waals surface area contributed by atoms with Crippen LogP contribution in [0.4, 0.5) is 0 Å². The lowest BCUT2D eigenvalue weighted by Gasteiger charge is -2.24. The third-order valence-corrected chi connectivity index (χ3v) is 5.52. The molecule has 3 aromatic rings. The molecule has 0 aliphatic carbocycles. The summed E-state index contributed by atoms with van der Waals surface area (Å²) in [7, 11) is 0. The summed E-state index contributed by atoms with van der Waals surface area (Å²) in [6.07, 6.45) is 4.13. The van der Waals surface area contributed by atoms with Gasteiger partial charge in [-0.15, -0.1) is 0 Å². The number of carbonyl (C=O) groups excluding carboxylic acids is 1. The summed E-state index contributed by atoms with van der Waals surface area (Å²) in [5, 5.41) is 11.8. The van der Waals surface area contributed by atoms with Gasteiger partial charge in [-0.2, -0.15) is 10.2 Å². The van der Waals surface area contributed by atoms with Crippen molar-refractivity contribution < 1.29 is 4.79 Å². The van der Waals surface area contributed by atoms with Crippen molar-refractivity contribution in [1.82, 2.24) is 24.9 Å². The molecule has 2 aromatic heterocycles. The standard InChI is InChI=1S/C22H27N5O/c1-16-13-17(2)27(25-16)15-19-14-21(24-23-19)22(28)26-12-6-9-20(26)11-10-18-7-4-3-5-8-18/h3-5,7-8,13-14,20H,6,9-12,15H2,1-2H3,(H,23,24). The molecule has 6 nitrogen and oxygen atoms in total. The minimum absolute atomic E-state index is 0.0337. The Morgan fingerprint density at radius 1 is 1.21 bits per heavy atom. The van der Waals surface area contributed by atoms with Gasteiger partial charge in [0.2, 0.25) is 0 Å². The van der Waals surface area contributed by atoms with Gasteiger partial charge in [-0.1, -0.05) is 30.3 Å². The van der Waals surface area contributed by atoms with Crippen LogP contribution >= 0.6 is 0 Å². The molecule has 1 atom stereocenters. The van der Waals surface area contributed by atoms with Crippen LogP contribution in [0, 0.1) is 13.8 Å². The van der Waals surface area contributed by atoms with Gasteiger partial charge in [-0.25, -0.2) is 0 Å². The largest absolute Gasteiger partial charge is 0.334 e. The zero-order valence-electron chi connectivity index (χ0n) is 16.6. The molecule has 146 valence electrons. The maximum Gasteiger partial charge on any atom is 0.274 e. The molecular formula is C22H27N5O. The lowest BCUT2D eigenvalue weighted by Crippen LogP contribution is -2.36. The minimum atomic E-state index is 0.0337. The van der Waals surface area contributed by atoms with Crippen molar-refractivity contribution in [2.45, 2.75) is 52.1 Å². The Balaban J connectivity index is 1.40. The molecule has 4 rings (SSSR count). The number of hydrogen-bond donors (Lipinski definition) is 1. The van der Waals surface area contributed by atoms with E-state index in [1.165, 1.54) is 5.56 Å². The summed E-state index contributed by atoms with van der Waals surface area (Å²) in [5.74, 6) is 0.0337. The highest BCUT2D eigenvalue weighted by Crippen LogP contribution is 2.24. The van der Waals surface area contributed by atoms with Crippen molar-refractivity contribution in [3.63, 3.8) is 0 Å². The minimum Gasteiger partial charge on any atom is -0.334 e. The number of H-pyrrole nitrogens is 1. The first kappa shape index (κ1) is 18.5. The van der Waals surface area contributed by atoms with Crippen molar-refractivity contribution in [2.24, 2.45) is 0 Å². The average Bonchev–Trinajstić information content (AvgIpc) is 3.41. The zero-order valence-corrected chi connectivity index (χ0v) is 16.6. The number of nitrogens with zero attached hydrogens (tertiary/aromatic N) is 4. The molecule has 0 bridgehead atoms. The zero-order chi connectivity index (χ0) is 19.5. The summed E-state index contributed by atoms with van der Waals surface area (Å²) in [6, 6.07) is 14.7. The average molecular weight is 377 g/mol. The fourth-order valence-electron chi connectivity index (χ4n) is 4.08. The number of likely N-dealkylation sites (tertiary alicyclic amines) is 1. The van der Waals surface area contributed by atoms with E-state index in [4.69, 9.17) is 0 Å². The van der Waals surface area contributed by atoms with E-state index in [-0.39, 0.29) is 5.91 Å². The van der Waals surface area contributed by atoms with Crippen molar-refractivity contribution in [2.75, 3.05) is 6.54 Å². The Morgan fingerprint density at radius 3 is 2.79 bits per heavy atom. The molecule has 6 heteroatoms. The molecule has 1 aliphatic rings. The summed E-state index contributed by atoms with van der Waals surface area (Å²) >= 11 is 0. The van der Waals surface area contributed by atoms with Gasteiger partial charge in [0.25, 0.3) is 5.91 Å². The molecule has 0 spiro atoms. The molecule has 0 saturated carbocycles. The molecule has 28 heavy (non-hydrogen) atoms. The lowest BCUT2D eigenvalue weighted by atomic mass is 10.0. The molecule has 1 aromatic carbocycles. The maximum atomic E-state index is 13.0. The van der Waals surface area contributed by atoms with Crippen molar-refractivity contribution >= 4 is 5.91 Å². The van der Waals surface area contributed by atoms with E-state index in [1.54, 1.807) is 0 Å². The molecule has 3 heterocycles. The second-order valence-corrected chi connectivity index (χ2v) is 7.68. The monoisotopic (exact) mass is 377 g/mol. The topological polar surface area (TPSA) is 66.8 Å². The normalized spacial score (nSPS) is 16.6. The van der Waals surface area contributed by atoms with Crippen LogP contribution in [-0.2, 0) is 13.0 Å². The predicted molar refractivity (Wildman–Crippen MR) is 108 cm³/mol. The van der Waals surface area contributed by atoms with Gasteiger partial charge in [0.1, 0.15) is 5.69 Å². The third kappa shape index (κ3) is 4.01. The second-order valence-electron chi connectivity index (χ2n) is 7.68. The van der Waals surface area contributed by atoms with Gasteiger partial charge < -0.3 is 4.90 Å². The number of hydrogen-bond acceptors (Lipinski definition) is 3. The van der Waals surface area contributed by atoms with E-state index >= 15 is 0 Å². The number of aryl methyl sites for hydroxylation is 3. The smallest absolute Gasteiger partial charge is 0.274 e.